The maximum absolute atomic E-state index is 15.3. The average Bonchev–Trinajstić information content (AvgIpc) is 3.76. The van der Waals surface area contributed by atoms with Gasteiger partial charge in [-0.25, -0.2) is 18.9 Å². The van der Waals surface area contributed by atoms with Gasteiger partial charge in [0.1, 0.15) is 35.6 Å². The molecule has 10 nitrogen and oxygen atoms in total. The molecule has 7 rings (SSSR count). The Morgan fingerprint density at radius 1 is 1.14 bits per heavy atom. The Labute approximate surface area is 246 Å². The fraction of sp³-hybridized carbons (Fsp3) is 0.433. The minimum Gasteiger partial charge on any atom is -0.492 e. The average molecular weight is 590 g/mol. The first-order valence-corrected chi connectivity index (χ1v) is 15.2. The van der Waals surface area contributed by atoms with E-state index in [1.807, 2.05) is 35.8 Å². The Morgan fingerprint density at radius 3 is 2.81 bits per heavy atom. The van der Waals surface area contributed by atoms with E-state index in [9.17, 15) is 0 Å². The Kier molecular flexibility index (Phi) is 7.53. The van der Waals surface area contributed by atoms with Crippen molar-refractivity contribution in [3.05, 3.63) is 59.0 Å². The van der Waals surface area contributed by atoms with E-state index in [0.717, 1.165) is 74.6 Å². The zero-order valence-electron chi connectivity index (χ0n) is 23.4. The molecule has 12 heteroatoms. The molecule has 3 aliphatic rings. The Balaban J connectivity index is 1.29. The van der Waals surface area contributed by atoms with Gasteiger partial charge in [-0.15, -0.1) is 21.6 Å². The summed E-state index contributed by atoms with van der Waals surface area (Å²) in [5.74, 6) is 0.394. The molecule has 218 valence electrons. The van der Waals surface area contributed by atoms with Gasteiger partial charge in [0.05, 0.1) is 40.6 Å². The van der Waals surface area contributed by atoms with Gasteiger partial charge in [0, 0.05) is 44.1 Å². The van der Waals surface area contributed by atoms with Crippen LogP contribution >= 0.6 is 11.3 Å². The fourth-order valence-electron chi connectivity index (χ4n) is 5.84. The first-order chi connectivity index (χ1) is 20.6. The van der Waals surface area contributed by atoms with Crippen molar-refractivity contribution in [1.29, 1.82) is 0 Å². The SMILES string of the molecule is Cc1nn2ccc(OCCN3CCOCC3)cc2c1-c1nc(-c2ccccc2F)c(C2(C3CCCCO3)N=CN=N2)s1. The number of rotatable bonds is 8. The van der Waals surface area contributed by atoms with Crippen molar-refractivity contribution in [2.24, 2.45) is 15.2 Å². The summed E-state index contributed by atoms with van der Waals surface area (Å²) in [5, 5.41) is 14.2. The Hall–Kier alpha value is -3.58. The number of nitrogens with zero attached hydrogens (tertiary/aromatic N) is 7. The van der Waals surface area contributed by atoms with Gasteiger partial charge in [-0.05, 0) is 44.4 Å². The second kappa shape index (κ2) is 11.6. The standard InChI is InChI=1S/C30H32FN7O3S/c1-20-26(24-18-21(9-10-38(24)35-20)40-17-13-37-11-15-39-16-12-37)29-34-27(22-6-2-3-7-23(22)31)28(42-29)30(32-19-33-36-30)25-8-4-5-14-41-25/h2-3,6-7,9-10,18-19,25H,4-5,8,11-17H2,1H3. The van der Waals surface area contributed by atoms with Crippen LogP contribution in [-0.2, 0) is 15.1 Å². The first-order valence-electron chi connectivity index (χ1n) is 14.4. The number of benzene rings is 1. The number of morpholine rings is 1. The third-order valence-corrected chi connectivity index (χ3v) is 9.20. The number of hydrogen-bond donors (Lipinski definition) is 0. The molecule has 3 aromatic heterocycles. The molecule has 2 atom stereocenters. The summed E-state index contributed by atoms with van der Waals surface area (Å²) in [5.41, 5.74) is 2.30. The van der Waals surface area contributed by atoms with E-state index in [1.165, 1.54) is 23.7 Å². The van der Waals surface area contributed by atoms with Crippen LogP contribution in [0.5, 0.6) is 5.75 Å². The molecule has 6 heterocycles. The first kappa shape index (κ1) is 27.3. The fourth-order valence-corrected chi connectivity index (χ4v) is 7.15. The summed E-state index contributed by atoms with van der Waals surface area (Å²) >= 11 is 1.44. The van der Waals surface area contributed by atoms with Crippen molar-refractivity contribution in [3.8, 4) is 27.6 Å². The number of aromatic nitrogens is 3. The van der Waals surface area contributed by atoms with Crippen molar-refractivity contribution in [1.82, 2.24) is 19.5 Å². The maximum Gasteiger partial charge on any atom is 0.234 e. The lowest BCUT2D eigenvalue weighted by Gasteiger charge is -2.33. The highest BCUT2D eigenvalue weighted by Gasteiger charge is 2.48. The van der Waals surface area contributed by atoms with Crippen LogP contribution < -0.4 is 4.74 Å². The number of hydrogen-bond acceptors (Lipinski definition) is 10. The number of thiazole rings is 1. The number of ether oxygens (including phenoxy) is 3. The molecule has 0 spiro atoms. The molecule has 3 aliphatic heterocycles. The van der Waals surface area contributed by atoms with Crippen molar-refractivity contribution < 1.29 is 18.6 Å². The third-order valence-electron chi connectivity index (χ3n) is 8.01. The number of azo groups is 1. The smallest absolute Gasteiger partial charge is 0.234 e. The monoisotopic (exact) mass is 589 g/mol. The van der Waals surface area contributed by atoms with Gasteiger partial charge in [0.15, 0.2) is 0 Å². The minimum atomic E-state index is -1.11. The van der Waals surface area contributed by atoms with Crippen LogP contribution in [0.2, 0.25) is 0 Å². The molecule has 0 saturated carbocycles. The topological polar surface area (TPSA) is 98.2 Å². The zero-order chi connectivity index (χ0) is 28.5. The van der Waals surface area contributed by atoms with Gasteiger partial charge >= 0.3 is 0 Å². The molecule has 4 aromatic rings. The lowest BCUT2D eigenvalue weighted by Crippen LogP contribution is -2.39. The molecule has 2 saturated heterocycles. The van der Waals surface area contributed by atoms with Crippen molar-refractivity contribution in [3.63, 3.8) is 0 Å². The van der Waals surface area contributed by atoms with Crippen LogP contribution in [-0.4, -0.2) is 78.0 Å². The molecule has 1 aromatic carbocycles. The largest absolute Gasteiger partial charge is 0.492 e. The van der Waals surface area contributed by atoms with Crippen LogP contribution in [0.25, 0.3) is 27.3 Å². The van der Waals surface area contributed by atoms with Gasteiger partial charge in [-0.2, -0.15) is 5.10 Å². The van der Waals surface area contributed by atoms with E-state index < -0.39 is 5.66 Å². The third kappa shape index (κ3) is 5.02. The van der Waals surface area contributed by atoms with Crippen LogP contribution in [0.1, 0.15) is 29.8 Å². The van der Waals surface area contributed by atoms with E-state index in [2.05, 4.69) is 15.1 Å². The van der Waals surface area contributed by atoms with Gasteiger partial charge < -0.3 is 14.2 Å². The second-order valence-electron chi connectivity index (χ2n) is 10.7. The summed E-state index contributed by atoms with van der Waals surface area (Å²) in [6.07, 6.45) is 5.81. The molecule has 2 fully saturated rings. The summed E-state index contributed by atoms with van der Waals surface area (Å²) in [6, 6.07) is 10.6. The van der Waals surface area contributed by atoms with Crippen molar-refractivity contribution in [2.75, 3.05) is 46.1 Å². The minimum absolute atomic E-state index is 0.316. The molecule has 0 amide bonds. The predicted octanol–water partition coefficient (Wildman–Crippen LogP) is 5.50. The summed E-state index contributed by atoms with van der Waals surface area (Å²) in [6.45, 7) is 7.35. The van der Waals surface area contributed by atoms with Crippen LogP contribution in [0.3, 0.4) is 0 Å². The lowest BCUT2D eigenvalue weighted by atomic mass is 9.93. The van der Waals surface area contributed by atoms with Crippen LogP contribution in [0, 0.1) is 12.7 Å². The van der Waals surface area contributed by atoms with Gasteiger partial charge in [-0.3, -0.25) is 4.90 Å². The highest BCUT2D eigenvalue weighted by Crippen LogP contribution is 2.49. The second-order valence-corrected chi connectivity index (χ2v) is 11.7. The number of halogens is 1. The highest BCUT2D eigenvalue weighted by molar-refractivity contribution is 7.15. The highest BCUT2D eigenvalue weighted by atomic mass is 32.1. The normalized spacial score (nSPS) is 22.8. The number of fused-ring (bicyclic) bond motifs is 1. The van der Waals surface area contributed by atoms with E-state index in [-0.39, 0.29) is 11.9 Å². The van der Waals surface area contributed by atoms with E-state index in [4.69, 9.17) is 29.3 Å². The summed E-state index contributed by atoms with van der Waals surface area (Å²) in [7, 11) is 0. The quantitative estimate of drug-likeness (QED) is 0.269. The van der Waals surface area contributed by atoms with E-state index >= 15 is 4.39 Å². The predicted molar refractivity (Wildman–Crippen MR) is 158 cm³/mol. The molecular weight excluding hydrogens is 557 g/mol. The molecule has 42 heavy (non-hydrogen) atoms. The summed E-state index contributed by atoms with van der Waals surface area (Å²) in [4.78, 5) is 12.9. The molecule has 2 unspecified atom stereocenters. The molecule has 0 bridgehead atoms. The zero-order valence-corrected chi connectivity index (χ0v) is 24.2. The number of aryl methyl sites for hydroxylation is 1. The molecular formula is C30H32FN7O3S. The lowest BCUT2D eigenvalue weighted by molar-refractivity contribution is -0.0305. The van der Waals surface area contributed by atoms with Crippen molar-refractivity contribution >= 4 is 23.2 Å². The number of pyridine rings is 1. The molecule has 0 aliphatic carbocycles. The van der Waals surface area contributed by atoms with Crippen LogP contribution in [0.4, 0.5) is 4.39 Å². The Bertz CT molecular complexity index is 1630. The maximum atomic E-state index is 15.3. The summed E-state index contributed by atoms with van der Waals surface area (Å²) < 4.78 is 34.9. The Morgan fingerprint density at radius 2 is 2.02 bits per heavy atom. The van der Waals surface area contributed by atoms with Gasteiger partial charge in [0.2, 0.25) is 5.66 Å². The van der Waals surface area contributed by atoms with Gasteiger partial charge in [-0.1, -0.05) is 12.1 Å². The van der Waals surface area contributed by atoms with Crippen LogP contribution in [0.15, 0.2) is 57.8 Å². The van der Waals surface area contributed by atoms with E-state index in [0.29, 0.717) is 34.4 Å². The van der Waals surface area contributed by atoms with E-state index in [1.54, 1.807) is 12.1 Å². The molecule has 0 N–H and O–H groups in total. The van der Waals surface area contributed by atoms with Gasteiger partial charge in [0.25, 0.3) is 0 Å². The number of aliphatic imine (C=N–C) groups is 1. The molecule has 0 radical (unpaired) electrons. The van der Waals surface area contributed by atoms with Crippen molar-refractivity contribution in [2.45, 2.75) is 38.0 Å².